The number of nitrogens with zero attached hydrogens (tertiary/aromatic N) is 1. The summed E-state index contributed by atoms with van der Waals surface area (Å²) in [5.74, 6) is 0.0885. The second kappa shape index (κ2) is 7.25. The zero-order chi connectivity index (χ0) is 11.3. The van der Waals surface area contributed by atoms with E-state index in [4.69, 9.17) is 5.73 Å². The molecule has 0 bridgehead atoms. The van der Waals surface area contributed by atoms with Crippen molar-refractivity contribution in [1.82, 2.24) is 0 Å². The molecule has 0 aliphatic heterocycles. The molecule has 1 aromatic rings. The molecule has 0 radical (unpaired) electrons. The van der Waals surface area contributed by atoms with E-state index >= 15 is 0 Å². The molecule has 0 atom stereocenters. The first kappa shape index (κ1) is 14.9. The molecule has 0 spiro atoms. The lowest BCUT2D eigenvalue weighted by Crippen LogP contribution is -2.32. The number of aryl methyl sites for hydroxylation is 1. The summed E-state index contributed by atoms with van der Waals surface area (Å²) < 4.78 is 0. The Labute approximate surface area is 103 Å². The van der Waals surface area contributed by atoms with E-state index in [0.717, 1.165) is 11.3 Å². The summed E-state index contributed by atoms with van der Waals surface area (Å²) in [5.41, 5.74) is 7.50. The number of amides is 1. The number of halogens is 1. The SMILES string of the molecule is CCN(C(=O)CCN)c1cccc(C)c1.Cl. The van der Waals surface area contributed by atoms with Gasteiger partial charge in [-0.15, -0.1) is 12.4 Å². The molecule has 0 aromatic heterocycles. The van der Waals surface area contributed by atoms with Crippen molar-refractivity contribution in [3.8, 4) is 0 Å². The molecule has 1 rings (SSSR count). The van der Waals surface area contributed by atoms with Gasteiger partial charge in [0, 0.05) is 25.2 Å². The number of hydrogen-bond acceptors (Lipinski definition) is 2. The average Bonchev–Trinajstić information content (AvgIpc) is 2.19. The summed E-state index contributed by atoms with van der Waals surface area (Å²) in [6.07, 6.45) is 0.405. The Bertz CT molecular complexity index is 342. The van der Waals surface area contributed by atoms with E-state index < -0.39 is 0 Å². The van der Waals surface area contributed by atoms with E-state index in [1.165, 1.54) is 0 Å². The minimum atomic E-state index is 0. The molecule has 1 amide bonds. The van der Waals surface area contributed by atoms with Crippen LogP contribution in [0, 0.1) is 6.92 Å². The Balaban J connectivity index is 0.00000225. The van der Waals surface area contributed by atoms with Gasteiger partial charge >= 0.3 is 0 Å². The Hall–Kier alpha value is -1.06. The number of anilines is 1. The molecule has 0 aliphatic carbocycles. The summed E-state index contributed by atoms with van der Waals surface area (Å²) >= 11 is 0. The van der Waals surface area contributed by atoms with Gasteiger partial charge < -0.3 is 10.6 Å². The van der Waals surface area contributed by atoms with Crippen LogP contribution in [0.2, 0.25) is 0 Å². The van der Waals surface area contributed by atoms with Crippen molar-refractivity contribution in [3.63, 3.8) is 0 Å². The predicted molar refractivity (Wildman–Crippen MR) is 70.1 cm³/mol. The van der Waals surface area contributed by atoms with Crippen molar-refractivity contribution in [1.29, 1.82) is 0 Å². The standard InChI is InChI=1S/C12H18N2O.ClH/c1-3-14(12(15)7-8-13)11-6-4-5-10(2)9-11;/h4-6,9H,3,7-8,13H2,1-2H3;1H. The Morgan fingerprint density at radius 2 is 2.12 bits per heavy atom. The fourth-order valence-electron chi connectivity index (χ4n) is 1.56. The van der Waals surface area contributed by atoms with Gasteiger partial charge in [0.05, 0.1) is 0 Å². The second-order valence-corrected chi connectivity index (χ2v) is 3.52. The lowest BCUT2D eigenvalue weighted by atomic mass is 10.2. The van der Waals surface area contributed by atoms with Crippen LogP contribution in [0.25, 0.3) is 0 Å². The highest BCUT2D eigenvalue weighted by Gasteiger charge is 2.12. The summed E-state index contributed by atoms with van der Waals surface area (Å²) in [7, 11) is 0. The van der Waals surface area contributed by atoms with Gasteiger partial charge in [-0.3, -0.25) is 4.79 Å². The smallest absolute Gasteiger partial charge is 0.228 e. The van der Waals surface area contributed by atoms with Crippen LogP contribution in [-0.2, 0) is 4.79 Å². The summed E-state index contributed by atoms with van der Waals surface area (Å²) in [4.78, 5) is 13.5. The normalized spacial score (nSPS) is 9.44. The Morgan fingerprint density at radius 1 is 1.44 bits per heavy atom. The molecule has 90 valence electrons. The van der Waals surface area contributed by atoms with Gasteiger partial charge in [-0.25, -0.2) is 0 Å². The van der Waals surface area contributed by atoms with E-state index in [0.29, 0.717) is 19.5 Å². The third-order valence-corrected chi connectivity index (χ3v) is 2.29. The number of rotatable bonds is 4. The van der Waals surface area contributed by atoms with Gasteiger partial charge in [-0.1, -0.05) is 12.1 Å². The molecule has 4 heteroatoms. The molecule has 0 heterocycles. The maximum atomic E-state index is 11.7. The van der Waals surface area contributed by atoms with Crippen molar-refractivity contribution in [2.75, 3.05) is 18.0 Å². The van der Waals surface area contributed by atoms with Gasteiger partial charge in [0.25, 0.3) is 0 Å². The van der Waals surface area contributed by atoms with Gasteiger partial charge in [-0.2, -0.15) is 0 Å². The van der Waals surface area contributed by atoms with Crippen LogP contribution in [0.4, 0.5) is 5.69 Å². The van der Waals surface area contributed by atoms with E-state index in [1.807, 2.05) is 38.1 Å². The summed E-state index contributed by atoms with van der Waals surface area (Å²) in [5, 5.41) is 0. The number of hydrogen-bond donors (Lipinski definition) is 1. The second-order valence-electron chi connectivity index (χ2n) is 3.52. The van der Waals surface area contributed by atoms with Crippen molar-refractivity contribution in [2.24, 2.45) is 5.73 Å². The first-order valence-electron chi connectivity index (χ1n) is 5.26. The van der Waals surface area contributed by atoms with Gasteiger partial charge in [-0.05, 0) is 31.5 Å². The van der Waals surface area contributed by atoms with Crippen LogP contribution in [-0.4, -0.2) is 19.0 Å². The highest BCUT2D eigenvalue weighted by Crippen LogP contribution is 2.16. The zero-order valence-corrected chi connectivity index (χ0v) is 10.6. The largest absolute Gasteiger partial charge is 0.330 e. The molecule has 16 heavy (non-hydrogen) atoms. The van der Waals surface area contributed by atoms with E-state index in [2.05, 4.69) is 0 Å². The molecule has 1 aromatic carbocycles. The number of nitrogens with two attached hydrogens (primary N) is 1. The maximum absolute atomic E-state index is 11.7. The van der Waals surface area contributed by atoms with Crippen LogP contribution in [0.3, 0.4) is 0 Å². The fourth-order valence-corrected chi connectivity index (χ4v) is 1.56. The number of benzene rings is 1. The van der Waals surface area contributed by atoms with Crippen molar-refractivity contribution in [3.05, 3.63) is 29.8 Å². The van der Waals surface area contributed by atoms with Crippen molar-refractivity contribution >= 4 is 24.0 Å². The van der Waals surface area contributed by atoms with Gasteiger partial charge in [0.15, 0.2) is 0 Å². The van der Waals surface area contributed by atoms with Crippen molar-refractivity contribution < 1.29 is 4.79 Å². The molecule has 0 unspecified atom stereocenters. The monoisotopic (exact) mass is 242 g/mol. The first-order chi connectivity index (χ1) is 7.19. The quantitative estimate of drug-likeness (QED) is 0.879. The first-order valence-corrected chi connectivity index (χ1v) is 5.26. The maximum Gasteiger partial charge on any atom is 0.228 e. The van der Waals surface area contributed by atoms with Crippen LogP contribution >= 0.6 is 12.4 Å². The lowest BCUT2D eigenvalue weighted by Gasteiger charge is -2.21. The predicted octanol–water partition coefficient (Wildman–Crippen LogP) is 2.12. The zero-order valence-electron chi connectivity index (χ0n) is 9.77. The highest BCUT2D eigenvalue weighted by molar-refractivity contribution is 5.93. The minimum Gasteiger partial charge on any atom is -0.330 e. The van der Waals surface area contributed by atoms with E-state index in [9.17, 15) is 4.79 Å². The Kier molecular flexibility index (Phi) is 6.77. The average molecular weight is 243 g/mol. The van der Waals surface area contributed by atoms with Gasteiger partial charge in [0.2, 0.25) is 5.91 Å². The van der Waals surface area contributed by atoms with Gasteiger partial charge in [0.1, 0.15) is 0 Å². The molecule has 0 saturated heterocycles. The molecular formula is C12H19ClN2O. The van der Waals surface area contributed by atoms with E-state index in [-0.39, 0.29) is 18.3 Å². The minimum absolute atomic E-state index is 0. The molecule has 0 saturated carbocycles. The summed E-state index contributed by atoms with van der Waals surface area (Å²) in [6.45, 7) is 5.07. The molecule has 0 aliphatic rings. The van der Waals surface area contributed by atoms with E-state index in [1.54, 1.807) is 4.90 Å². The highest BCUT2D eigenvalue weighted by atomic mass is 35.5. The van der Waals surface area contributed by atoms with Crippen LogP contribution in [0.5, 0.6) is 0 Å². The topological polar surface area (TPSA) is 46.3 Å². The molecule has 3 nitrogen and oxygen atoms in total. The Morgan fingerprint density at radius 3 is 2.62 bits per heavy atom. The lowest BCUT2D eigenvalue weighted by molar-refractivity contribution is -0.118. The van der Waals surface area contributed by atoms with Crippen LogP contribution in [0.1, 0.15) is 18.9 Å². The van der Waals surface area contributed by atoms with Crippen LogP contribution in [0.15, 0.2) is 24.3 Å². The summed E-state index contributed by atoms with van der Waals surface area (Å²) in [6, 6.07) is 7.94. The molecule has 0 fully saturated rings. The third-order valence-electron chi connectivity index (χ3n) is 2.29. The fraction of sp³-hybridized carbons (Fsp3) is 0.417. The molecule has 2 N–H and O–H groups in total. The van der Waals surface area contributed by atoms with Crippen LogP contribution < -0.4 is 10.6 Å². The number of carbonyl (C=O) groups excluding carboxylic acids is 1. The van der Waals surface area contributed by atoms with Crippen molar-refractivity contribution in [2.45, 2.75) is 20.3 Å². The third kappa shape index (κ3) is 3.83. The number of carbonyl (C=O) groups is 1. The molecular weight excluding hydrogens is 224 g/mol.